The topological polar surface area (TPSA) is 69.1 Å². The second kappa shape index (κ2) is 2.13. The minimum Gasteiger partial charge on any atom is -0.369 e. The molecule has 48 valence electrons. The van der Waals surface area contributed by atoms with Gasteiger partial charge in [0.15, 0.2) is 0 Å². The van der Waals surface area contributed by atoms with Gasteiger partial charge in [0.05, 0.1) is 5.41 Å². The van der Waals surface area contributed by atoms with Crippen LogP contribution in [0.25, 0.3) is 0 Å². The maximum Gasteiger partial charge on any atom is 0.224 e. The lowest BCUT2D eigenvalue weighted by Gasteiger charge is -2.16. The van der Waals surface area contributed by atoms with Crippen LogP contribution < -0.4 is 11.5 Å². The van der Waals surface area contributed by atoms with Crippen molar-refractivity contribution in [3.8, 4) is 0 Å². The van der Waals surface area contributed by atoms with Crippen LogP contribution in [-0.2, 0) is 4.79 Å². The first-order valence-electron chi connectivity index (χ1n) is 2.50. The highest BCUT2D eigenvalue weighted by molar-refractivity contribution is 5.80. The predicted molar refractivity (Wildman–Crippen MR) is 32.0 cm³/mol. The third-order valence-corrected chi connectivity index (χ3v) is 1.18. The van der Waals surface area contributed by atoms with Crippen molar-refractivity contribution in [1.82, 2.24) is 0 Å². The quantitative estimate of drug-likeness (QED) is 0.508. The van der Waals surface area contributed by atoms with Crippen LogP contribution in [0.1, 0.15) is 13.8 Å². The van der Waals surface area contributed by atoms with Gasteiger partial charge in [0.2, 0.25) is 5.91 Å². The summed E-state index contributed by atoms with van der Waals surface area (Å²) >= 11 is 0. The lowest BCUT2D eigenvalue weighted by molar-refractivity contribution is -0.125. The molecule has 8 heavy (non-hydrogen) atoms. The fourth-order valence-corrected chi connectivity index (χ4v) is 0.101. The number of rotatable bonds is 2. The van der Waals surface area contributed by atoms with Crippen molar-refractivity contribution in [2.24, 2.45) is 16.9 Å². The highest BCUT2D eigenvalue weighted by Crippen LogP contribution is 2.09. The number of amides is 1. The Morgan fingerprint density at radius 1 is 1.62 bits per heavy atom. The Bertz CT molecular complexity index is 98.6. The number of primary amides is 1. The molecule has 0 bridgehead atoms. The van der Waals surface area contributed by atoms with Crippen LogP contribution in [0.4, 0.5) is 0 Å². The standard InChI is InChI=1S/C5H12N2O/c1-5(2,3-6)4(7)8/h3,6H2,1-2H3,(H2,7,8). The Labute approximate surface area is 49.0 Å². The molecule has 0 aliphatic heterocycles. The van der Waals surface area contributed by atoms with Crippen LogP contribution in [0.5, 0.6) is 0 Å². The van der Waals surface area contributed by atoms with E-state index in [0.717, 1.165) is 0 Å². The smallest absolute Gasteiger partial charge is 0.224 e. The number of nitrogens with two attached hydrogens (primary N) is 2. The van der Waals surface area contributed by atoms with Crippen molar-refractivity contribution in [3.05, 3.63) is 0 Å². The van der Waals surface area contributed by atoms with Crippen molar-refractivity contribution >= 4 is 5.91 Å². The molecule has 0 heterocycles. The van der Waals surface area contributed by atoms with Crippen LogP contribution in [0, 0.1) is 5.41 Å². The van der Waals surface area contributed by atoms with E-state index in [9.17, 15) is 4.79 Å². The molecule has 0 atom stereocenters. The summed E-state index contributed by atoms with van der Waals surface area (Å²) in [5, 5.41) is 0. The molecule has 3 nitrogen and oxygen atoms in total. The zero-order valence-corrected chi connectivity index (χ0v) is 5.27. The third kappa shape index (κ3) is 1.50. The monoisotopic (exact) mass is 116 g/mol. The molecule has 0 fully saturated rings. The van der Waals surface area contributed by atoms with Gasteiger partial charge < -0.3 is 11.5 Å². The molecule has 1 amide bonds. The van der Waals surface area contributed by atoms with Crippen LogP contribution in [0.2, 0.25) is 0 Å². The number of hydrogen-bond donors (Lipinski definition) is 2. The van der Waals surface area contributed by atoms with Crippen LogP contribution in [0.15, 0.2) is 0 Å². The van der Waals surface area contributed by atoms with Gasteiger partial charge in [-0.3, -0.25) is 4.79 Å². The summed E-state index contributed by atoms with van der Waals surface area (Å²) in [6.45, 7) is 3.74. The fourth-order valence-electron chi connectivity index (χ4n) is 0.101. The second-order valence-electron chi connectivity index (χ2n) is 2.45. The molecule has 0 aromatic heterocycles. The maximum atomic E-state index is 10.4. The van der Waals surface area contributed by atoms with Gasteiger partial charge in [0.25, 0.3) is 0 Å². The van der Waals surface area contributed by atoms with E-state index < -0.39 is 5.41 Å². The summed E-state index contributed by atoms with van der Waals surface area (Å²) in [6.07, 6.45) is 0. The normalized spacial score (nSPS) is 11.4. The first-order chi connectivity index (χ1) is 3.50. The molecule has 0 aliphatic carbocycles. The van der Waals surface area contributed by atoms with Crippen molar-refractivity contribution in [1.29, 1.82) is 0 Å². The summed E-state index contributed by atoms with van der Waals surface area (Å²) in [6, 6.07) is 0. The fraction of sp³-hybridized carbons (Fsp3) is 0.800. The molecule has 0 spiro atoms. The molecular formula is C5H12N2O. The summed E-state index contributed by atoms with van der Waals surface area (Å²) in [5.74, 6) is -0.347. The molecule has 0 rings (SSSR count). The Balaban J connectivity index is 3.91. The molecule has 0 saturated carbocycles. The first kappa shape index (κ1) is 7.43. The summed E-state index contributed by atoms with van der Waals surface area (Å²) < 4.78 is 0. The van der Waals surface area contributed by atoms with Gasteiger partial charge in [-0.1, -0.05) is 0 Å². The van der Waals surface area contributed by atoms with Gasteiger partial charge in [0.1, 0.15) is 0 Å². The van der Waals surface area contributed by atoms with E-state index in [-0.39, 0.29) is 5.91 Å². The molecule has 4 N–H and O–H groups in total. The summed E-state index contributed by atoms with van der Waals surface area (Å²) in [4.78, 5) is 10.4. The minimum absolute atomic E-state index is 0.308. The van der Waals surface area contributed by atoms with Crippen LogP contribution in [-0.4, -0.2) is 12.5 Å². The van der Waals surface area contributed by atoms with E-state index in [4.69, 9.17) is 11.5 Å². The first-order valence-corrected chi connectivity index (χ1v) is 2.50. The zero-order valence-electron chi connectivity index (χ0n) is 5.27. The van der Waals surface area contributed by atoms with E-state index in [1.165, 1.54) is 0 Å². The van der Waals surface area contributed by atoms with Crippen molar-refractivity contribution in [3.63, 3.8) is 0 Å². The third-order valence-electron chi connectivity index (χ3n) is 1.18. The highest BCUT2D eigenvalue weighted by Gasteiger charge is 2.21. The number of carbonyl (C=O) groups excluding carboxylic acids is 1. The summed E-state index contributed by atoms with van der Waals surface area (Å²) in [7, 11) is 0. The molecular weight excluding hydrogens is 104 g/mol. The molecule has 0 radical (unpaired) electrons. The van der Waals surface area contributed by atoms with E-state index >= 15 is 0 Å². The van der Waals surface area contributed by atoms with Gasteiger partial charge >= 0.3 is 0 Å². The Kier molecular flexibility index (Phi) is 1.98. The zero-order chi connectivity index (χ0) is 6.78. The lowest BCUT2D eigenvalue weighted by Crippen LogP contribution is -2.37. The highest BCUT2D eigenvalue weighted by atomic mass is 16.1. The van der Waals surface area contributed by atoms with Gasteiger partial charge in [-0.05, 0) is 13.8 Å². The van der Waals surface area contributed by atoms with E-state index in [1.807, 2.05) is 0 Å². The van der Waals surface area contributed by atoms with Crippen molar-refractivity contribution in [2.45, 2.75) is 13.8 Å². The van der Waals surface area contributed by atoms with Gasteiger partial charge in [-0.25, -0.2) is 0 Å². The van der Waals surface area contributed by atoms with E-state index in [1.54, 1.807) is 13.8 Å². The Morgan fingerprint density at radius 2 is 2.00 bits per heavy atom. The number of hydrogen-bond acceptors (Lipinski definition) is 2. The minimum atomic E-state index is -0.542. The molecule has 0 aromatic rings. The van der Waals surface area contributed by atoms with Crippen molar-refractivity contribution in [2.75, 3.05) is 6.54 Å². The summed E-state index contributed by atoms with van der Waals surface area (Å²) in [5.41, 5.74) is 9.63. The van der Waals surface area contributed by atoms with Crippen molar-refractivity contribution < 1.29 is 4.79 Å². The van der Waals surface area contributed by atoms with Gasteiger partial charge in [-0.2, -0.15) is 0 Å². The molecule has 0 aliphatic rings. The molecule has 0 unspecified atom stereocenters. The van der Waals surface area contributed by atoms with E-state index in [2.05, 4.69) is 0 Å². The average molecular weight is 116 g/mol. The van der Waals surface area contributed by atoms with E-state index in [0.29, 0.717) is 6.54 Å². The largest absolute Gasteiger partial charge is 0.369 e. The molecule has 3 heteroatoms. The van der Waals surface area contributed by atoms with Gasteiger partial charge in [0, 0.05) is 6.54 Å². The molecule has 0 saturated heterocycles. The lowest BCUT2D eigenvalue weighted by atomic mass is 9.93. The SMILES string of the molecule is CC(C)(CN)C(N)=O. The Hall–Kier alpha value is -0.570. The Morgan fingerprint density at radius 3 is 2.00 bits per heavy atom. The van der Waals surface area contributed by atoms with Crippen LogP contribution >= 0.6 is 0 Å². The molecule has 0 aromatic carbocycles. The predicted octanol–water partition coefficient (Wildman–Crippen LogP) is -0.543. The average Bonchev–Trinajstić information content (AvgIpc) is 1.67. The number of carbonyl (C=O) groups is 1. The van der Waals surface area contributed by atoms with Gasteiger partial charge in [-0.15, -0.1) is 0 Å². The maximum absolute atomic E-state index is 10.4. The second-order valence-corrected chi connectivity index (χ2v) is 2.45. The van der Waals surface area contributed by atoms with Crippen LogP contribution in [0.3, 0.4) is 0 Å².